The second-order valence-electron chi connectivity index (χ2n) is 6.51. The van der Waals surface area contributed by atoms with Crippen LogP contribution in [-0.2, 0) is 4.79 Å². The molecule has 4 atom stereocenters. The number of aliphatic carboxylic acids is 1. The number of rotatable bonds is 3. The van der Waals surface area contributed by atoms with Crippen LogP contribution >= 0.6 is 0 Å². The average Bonchev–Trinajstić information content (AvgIpc) is 2.94. The summed E-state index contributed by atoms with van der Waals surface area (Å²) in [7, 11) is 0. The van der Waals surface area contributed by atoms with Gasteiger partial charge in [0, 0.05) is 18.1 Å². The number of carboxylic acids is 1. The third kappa shape index (κ3) is 2.50. The van der Waals surface area contributed by atoms with Crippen molar-refractivity contribution in [1.29, 1.82) is 0 Å². The number of hydrogen-bond donors (Lipinski definition) is 2. The zero-order chi connectivity index (χ0) is 14.9. The number of carbonyl (C=O) groups excluding carboxylic acids is 1. The van der Waals surface area contributed by atoms with Crippen LogP contribution in [0, 0.1) is 5.41 Å². The van der Waals surface area contributed by atoms with Crippen molar-refractivity contribution in [3.63, 3.8) is 0 Å². The number of nitrogens with zero attached hydrogens (tertiary/aromatic N) is 1. The number of hydrogen-bond acceptors (Lipinski definition) is 2. The summed E-state index contributed by atoms with van der Waals surface area (Å²) in [5, 5.41) is 12.4. The van der Waals surface area contributed by atoms with E-state index in [2.05, 4.69) is 19.2 Å². The van der Waals surface area contributed by atoms with Gasteiger partial charge in [-0.2, -0.15) is 0 Å². The summed E-state index contributed by atoms with van der Waals surface area (Å²) in [6.07, 6.45) is 5.30. The van der Waals surface area contributed by atoms with Crippen molar-refractivity contribution in [3.05, 3.63) is 0 Å². The van der Waals surface area contributed by atoms with Crippen molar-refractivity contribution >= 4 is 12.0 Å². The maximum Gasteiger partial charge on any atom is 0.318 e. The Kier molecular flexibility index (Phi) is 4.25. The second-order valence-corrected chi connectivity index (χ2v) is 6.51. The first-order valence-corrected chi connectivity index (χ1v) is 7.72. The fourth-order valence-electron chi connectivity index (χ4n) is 3.72. The minimum absolute atomic E-state index is 0.0822. The Labute approximate surface area is 120 Å². The molecule has 2 aliphatic rings. The van der Waals surface area contributed by atoms with Gasteiger partial charge in [-0.05, 0) is 46.0 Å². The lowest BCUT2D eigenvalue weighted by atomic mass is 9.85. The molecule has 0 bridgehead atoms. The third-order valence-corrected chi connectivity index (χ3v) is 5.24. The summed E-state index contributed by atoms with van der Waals surface area (Å²) >= 11 is 0. The normalized spacial score (nSPS) is 37.1. The summed E-state index contributed by atoms with van der Waals surface area (Å²) in [5.74, 6) is -0.804. The first-order valence-electron chi connectivity index (χ1n) is 7.72. The summed E-state index contributed by atoms with van der Waals surface area (Å²) in [5.41, 5.74) is -0.819. The van der Waals surface area contributed by atoms with E-state index in [9.17, 15) is 14.7 Å². The van der Waals surface area contributed by atoms with Crippen molar-refractivity contribution in [2.24, 2.45) is 5.41 Å². The third-order valence-electron chi connectivity index (χ3n) is 5.24. The largest absolute Gasteiger partial charge is 0.481 e. The van der Waals surface area contributed by atoms with Crippen LogP contribution in [0.1, 0.15) is 59.3 Å². The van der Waals surface area contributed by atoms with E-state index in [0.717, 1.165) is 32.1 Å². The molecule has 0 aromatic rings. The molecule has 20 heavy (non-hydrogen) atoms. The molecule has 2 fully saturated rings. The van der Waals surface area contributed by atoms with Crippen molar-refractivity contribution in [2.45, 2.75) is 77.4 Å². The van der Waals surface area contributed by atoms with Crippen molar-refractivity contribution in [2.75, 3.05) is 0 Å². The zero-order valence-corrected chi connectivity index (χ0v) is 12.7. The van der Waals surface area contributed by atoms with E-state index >= 15 is 0 Å². The smallest absolute Gasteiger partial charge is 0.318 e. The molecule has 4 unspecified atom stereocenters. The Balaban J connectivity index is 2.06. The molecule has 1 saturated carbocycles. The van der Waals surface area contributed by atoms with Crippen LogP contribution in [0.4, 0.5) is 4.79 Å². The van der Waals surface area contributed by atoms with Crippen LogP contribution in [0.5, 0.6) is 0 Å². The van der Waals surface area contributed by atoms with E-state index in [1.54, 1.807) is 6.92 Å². The molecular weight excluding hydrogens is 256 g/mol. The molecule has 0 aromatic carbocycles. The Hall–Kier alpha value is -1.26. The molecule has 1 aliphatic heterocycles. The summed E-state index contributed by atoms with van der Waals surface area (Å²) in [6.45, 7) is 5.91. The number of carboxylic acid groups (broad SMARTS) is 1. The molecule has 1 saturated heterocycles. The topological polar surface area (TPSA) is 69.6 Å². The van der Waals surface area contributed by atoms with Crippen molar-refractivity contribution in [1.82, 2.24) is 10.2 Å². The SMILES string of the molecule is CCC1CCC(C)N1C(=O)NC1CCCC1(C)C(=O)O. The highest BCUT2D eigenvalue weighted by Crippen LogP contribution is 2.38. The van der Waals surface area contributed by atoms with E-state index in [0.29, 0.717) is 12.5 Å². The minimum atomic E-state index is -0.819. The lowest BCUT2D eigenvalue weighted by molar-refractivity contribution is -0.148. The van der Waals surface area contributed by atoms with Gasteiger partial charge in [0.15, 0.2) is 0 Å². The summed E-state index contributed by atoms with van der Waals surface area (Å²) < 4.78 is 0. The average molecular weight is 282 g/mol. The molecule has 0 aromatic heterocycles. The lowest BCUT2D eigenvalue weighted by Gasteiger charge is -2.33. The van der Waals surface area contributed by atoms with Crippen LogP contribution in [0.15, 0.2) is 0 Å². The first-order chi connectivity index (χ1) is 9.40. The number of urea groups is 1. The molecule has 0 spiro atoms. The highest BCUT2D eigenvalue weighted by molar-refractivity contribution is 5.79. The van der Waals surface area contributed by atoms with Gasteiger partial charge in [-0.25, -0.2) is 4.79 Å². The molecule has 2 N–H and O–H groups in total. The molecule has 1 aliphatic carbocycles. The van der Waals surface area contributed by atoms with Crippen LogP contribution in [0.25, 0.3) is 0 Å². The van der Waals surface area contributed by atoms with Gasteiger partial charge in [0.1, 0.15) is 0 Å². The number of nitrogens with one attached hydrogen (secondary N) is 1. The first kappa shape index (κ1) is 15.1. The van der Waals surface area contributed by atoms with Gasteiger partial charge < -0.3 is 15.3 Å². The van der Waals surface area contributed by atoms with E-state index in [1.165, 1.54) is 0 Å². The van der Waals surface area contributed by atoms with E-state index in [4.69, 9.17) is 0 Å². The Morgan fingerprint density at radius 1 is 1.35 bits per heavy atom. The quantitative estimate of drug-likeness (QED) is 0.836. The van der Waals surface area contributed by atoms with Crippen LogP contribution in [0.3, 0.4) is 0 Å². The zero-order valence-electron chi connectivity index (χ0n) is 12.7. The van der Waals surface area contributed by atoms with Crippen molar-refractivity contribution < 1.29 is 14.7 Å². The van der Waals surface area contributed by atoms with E-state index in [1.807, 2.05) is 4.90 Å². The highest BCUT2D eigenvalue weighted by Gasteiger charge is 2.47. The standard InChI is InChI=1S/C15H26N2O3/c1-4-11-8-7-10(2)17(11)14(20)16-12-6-5-9-15(12,3)13(18)19/h10-12H,4-9H2,1-3H3,(H,16,20)(H,18,19). The Morgan fingerprint density at radius 3 is 2.65 bits per heavy atom. The van der Waals surface area contributed by atoms with Crippen LogP contribution in [-0.4, -0.2) is 40.1 Å². The van der Waals surface area contributed by atoms with Gasteiger partial charge in [-0.3, -0.25) is 4.79 Å². The fourth-order valence-corrected chi connectivity index (χ4v) is 3.72. The number of amides is 2. The van der Waals surface area contributed by atoms with Gasteiger partial charge in [0.05, 0.1) is 5.41 Å². The van der Waals surface area contributed by atoms with Crippen molar-refractivity contribution in [3.8, 4) is 0 Å². The predicted octanol–water partition coefficient (Wildman–Crippen LogP) is 2.60. The second kappa shape index (κ2) is 5.62. The van der Waals surface area contributed by atoms with Crippen LogP contribution in [0.2, 0.25) is 0 Å². The molecule has 1 heterocycles. The highest BCUT2D eigenvalue weighted by atomic mass is 16.4. The van der Waals surface area contributed by atoms with Gasteiger partial charge in [-0.15, -0.1) is 0 Å². The van der Waals surface area contributed by atoms with Gasteiger partial charge in [-0.1, -0.05) is 13.3 Å². The Morgan fingerprint density at radius 2 is 2.05 bits per heavy atom. The fraction of sp³-hybridized carbons (Fsp3) is 0.867. The summed E-state index contributed by atoms with van der Waals surface area (Å²) in [6, 6.07) is 0.207. The predicted molar refractivity (Wildman–Crippen MR) is 76.5 cm³/mol. The van der Waals surface area contributed by atoms with Crippen LogP contribution < -0.4 is 5.32 Å². The van der Waals surface area contributed by atoms with E-state index in [-0.39, 0.29) is 18.1 Å². The molecule has 114 valence electrons. The minimum Gasteiger partial charge on any atom is -0.481 e. The number of likely N-dealkylation sites (tertiary alicyclic amines) is 1. The maximum atomic E-state index is 12.5. The molecule has 2 rings (SSSR count). The molecule has 0 radical (unpaired) electrons. The van der Waals surface area contributed by atoms with Gasteiger partial charge in [0.2, 0.25) is 0 Å². The molecule has 2 amide bonds. The van der Waals surface area contributed by atoms with Gasteiger partial charge >= 0.3 is 12.0 Å². The summed E-state index contributed by atoms with van der Waals surface area (Å²) in [4.78, 5) is 25.9. The molecule has 5 nitrogen and oxygen atoms in total. The molecular formula is C15H26N2O3. The lowest BCUT2D eigenvalue weighted by Crippen LogP contribution is -2.53. The van der Waals surface area contributed by atoms with Gasteiger partial charge in [0.25, 0.3) is 0 Å². The van der Waals surface area contributed by atoms with E-state index < -0.39 is 11.4 Å². The molecule has 5 heteroatoms. The Bertz CT molecular complexity index is 399. The monoisotopic (exact) mass is 282 g/mol. The maximum absolute atomic E-state index is 12.5. The number of carbonyl (C=O) groups is 2.